The van der Waals surface area contributed by atoms with Gasteiger partial charge in [-0.15, -0.1) is 5.53 Å². The van der Waals surface area contributed by atoms with Crippen molar-refractivity contribution in [2.45, 2.75) is 19.1 Å². The number of hydrazine groups is 2. The molecule has 0 unspecified atom stereocenters. The Balaban J connectivity index is 1.59. The molecule has 0 saturated heterocycles. The number of nitrogens with zero attached hydrogens (tertiary/aromatic N) is 4. The van der Waals surface area contributed by atoms with Crippen molar-refractivity contribution in [2.24, 2.45) is 0 Å². The number of halogens is 4. The van der Waals surface area contributed by atoms with Crippen LogP contribution in [-0.4, -0.2) is 38.8 Å². The van der Waals surface area contributed by atoms with Gasteiger partial charge in [0.05, 0.1) is 46.4 Å². The molecule has 1 aromatic heterocycles. The standard InChI is InChI=1S/C19H18ClF3N6O2/c1-11-17-14(29(26-24-17)15-6-7-27(25-15)9-10-30)5-8-28(11)18(31)12-3-2-4-13(16(12)20)19(21,22)23/h2-4,6-7,24,26,30H,1,5,8-10H2. The van der Waals surface area contributed by atoms with Crippen LogP contribution in [0.5, 0.6) is 0 Å². The molecule has 2 aromatic rings. The second kappa shape index (κ2) is 7.91. The lowest BCUT2D eigenvalue weighted by molar-refractivity contribution is -0.137. The van der Waals surface area contributed by atoms with Crippen molar-refractivity contribution in [1.82, 2.24) is 25.6 Å². The van der Waals surface area contributed by atoms with E-state index in [9.17, 15) is 18.0 Å². The molecule has 0 radical (unpaired) electrons. The largest absolute Gasteiger partial charge is 0.417 e. The van der Waals surface area contributed by atoms with Crippen LogP contribution in [0.25, 0.3) is 0 Å². The van der Waals surface area contributed by atoms with Gasteiger partial charge in [-0.1, -0.05) is 24.2 Å². The zero-order valence-electron chi connectivity index (χ0n) is 16.1. The Kier molecular flexibility index (Phi) is 5.42. The Hall–Kier alpha value is -3.02. The highest BCUT2D eigenvalue weighted by atomic mass is 35.5. The summed E-state index contributed by atoms with van der Waals surface area (Å²) in [6.07, 6.45) is -2.56. The van der Waals surface area contributed by atoms with E-state index in [0.29, 0.717) is 30.2 Å². The lowest BCUT2D eigenvalue weighted by atomic mass is 10.0. The maximum atomic E-state index is 13.2. The van der Waals surface area contributed by atoms with Gasteiger partial charge in [0.15, 0.2) is 5.82 Å². The van der Waals surface area contributed by atoms with Crippen molar-refractivity contribution in [3.05, 3.63) is 70.3 Å². The van der Waals surface area contributed by atoms with E-state index in [1.807, 2.05) is 0 Å². The van der Waals surface area contributed by atoms with E-state index in [1.165, 1.54) is 11.0 Å². The van der Waals surface area contributed by atoms with Crippen LogP contribution in [0, 0.1) is 0 Å². The van der Waals surface area contributed by atoms with Crippen LogP contribution in [0.1, 0.15) is 22.3 Å². The van der Waals surface area contributed by atoms with Crippen molar-refractivity contribution < 1.29 is 23.1 Å². The first-order valence-electron chi connectivity index (χ1n) is 9.28. The summed E-state index contributed by atoms with van der Waals surface area (Å²) in [5.41, 5.74) is 6.17. The molecule has 0 atom stereocenters. The zero-order valence-corrected chi connectivity index (χ0v) is 16.8. The van der Waals surface area contributed by atoms with E-state index >= 15 is 0 Å². The monoisotopic (exact) mass is 454 g/mol. The molecule has 31 heavy (non-hydrogen) atoms. The van der Waals surface area contributed by atoms with E-state index in [2.05, 4.69) is 22.6 Å². The number of aliphatic hydroxyl groups excluding tert-OH is 1. The Morgan fingerprint density at radius 3 is 2.81 bits per heavy atom. The quantitative estimate of drug-likeness (QED) is 0.658. The Morgan fingerprint density at radius 2 is 2.10 bits per heavy atom. The number of aliphatic hydroxyl groups is 1. The van der Waals surface area contributed by atoms with Gasteiger partial charge in [-0.2, -0.15) is 18.3 Å². The molecule has 0 spiro atoms. The minimum absolute atomic E-state index is 0.0489. The Labute approximate surface area is 180 Å². The number of amides is 1. The van der Waals surface area contributed by atoms with Gasteiger partial charge in [0.25, 0.3) is 5.91 Å². The summed E-state index contributed by atoms with van der Waals surface area (Å²) in [6.45, 7) is 4.44. The second-order valence-corrected chi connectivity index (χ2v) is 7.25. The molecule has 3 heterocycles. The van der Waals surface area contributed by atoms with Crippen LogP contribution in [-0.2, 0) is 12.7 Å². The molecule has 12 heteroatoms. The van der Waals surface area contributed by atoms with Gasteiger partial charge < -0.3 is 10.0 Å². The number of aromatic nitrogens is 2. The number of nitrogens with one attached hydrogen (secondary N) is 2. The van der Waals surface area contributed by atoms with Crippen LogP contribution in [0.4, 0.5) is 19.0 Å². The molecule has 0 bridgehead atoms. The molecule has 1 aromatic carbocycles. The first-order valence-corrected chi connectivity index (χ1v) is 9.66. The summed E-state index contributed by atoms with van der Waals surface area (Å²) in [7, 11) is 0. The number of alkyl halides is 3. The number of carbonyl (C=O) groups is 1. The molecule has 2 aliphatic rings. The van der Waals surface area contributed by atoms with E-state index in [0.717, 1.165) is 17.8 Å². The third-order valence-corrected chi connectivity index (χ3v) is 5.41. The molecular weight excluding hydrogens is 437 g/mol. The van der Waals surface area contributed by atoms with E-state index < -0.39 is 22.7 Å². The number of carbonyl (C=O) groups excluding carboxylic acids is 1. The molecular formula is C19H18ClF3N6O2. The highest BCUT2D eigenvalue weighted by Gasteiger charge is 2.38. The lowest BCUT2D eigenvalue weighted by Gasteiger charge is -2.31. The minimum atomic E-state index is -4.67. The molecule has 1 amide bonds. The van der Waals surface area contributed by atoms with Crippen molar-refractivity contribution in [3.63, 3.8) is 0 Å². The average Bonchev–Trinajstić information content (AvgIpc) is 3.34. The molecule has 0 aliphatic carbocycles. The van der Waals surface area contributed by atoms with Crippen LogP contribution in [0.2, 0.25) is 5.02 Å². The van der Waals surface area contributed by atoms with Gasteiger partial charge in [0.1, 0.15) is 0 Å². The smallest absolute Gasteiger partial charge is 0.394 e. The lowest BCUT2D eigenvalue weighted by Crippen LogP contribution is -2.38. The number of hydrogen-bond donors (Lipinski definition) is 3. The van der Waals surface area contributed by atoms with Gasteiger partial charge >= 0.3 is 6.18 Å². The summed E-state index contributed by atoms with van der Waals surface area (Å²) in [5.74, 6) is -0.0976. The van der Waals surface area contributed by atoms with Crippen LogP contribution in [0.15, 0.2) is 54.1 Å². The van der Waals surface area contributed by atoms with Crippen LogP contribution in [0.3, 0.4) is 0 Å². The summed E-state index contributed by atoms with van der Waals surface area (Å²) in [6, 6.07) is 5.00. The van der Waals surface area contributed by atoms with Gasteiger partial charge in [0.2, 0.25) is 0 Å². The normalized spacial score (nSPS) is 16.6. The summed E-state index contributed by atoms with van der Waals surface area (Å²) in [4.78, 5) is 14.3. The van der Waals surface area contributed by atoms with Crippen LogP contribution < -0.4 is 16.0 Å². The van der Waals surface area contributed by atoms with Crippen molar-refractivity contribution >= 4 is 23.3 Å². The van der Waals surface area contributed by atoms with Gasteiger partial charge in [-0.25, -0.2) is 5.01 Å². The minimum Gasteiger partial charge on any atom is -0.394 e. The Morgan fingerprint density at radius 1 is 1.32 bits per heavy atom. The van der Waals surface area contributed by atoms with E-state index in [1.54, 1.807) is 22.0 Å². The van der Waals surface area contributed by atoms with Gasteiger partial charge in [0, 0.05) is 25.2 Å². The third kappa shape index (κ3) is 3.75. The fourth-order valence-electron chi connectivity index (χ4n) is 3.50. The molecule has 0 fully saturated rings. The summed E-state index contributed by atoms with van der Waals surface area (Å²) in [5, 5.41) is 14.4. The number of benzene rings is 1. The maximum Gasteiger partial charge on any atom is 0.417 e. The number of rotatable bonds is 4. The average molecular weight is 455 g/mol. The molecule has 164 valence electrons. The first kappa shape index (κ1) is 21.2. The number of hydrogen-bond acceptors (Lipinski definition) is 6. The highest BCUT2D eigenvalue weighted by molar-refractivity contribution is 6.34. The van der Waals surface area contributed by atoms with E-state index in [4.69, 9.17) is 16.7 Å². The molecule has 2 aliphatic heterocycles. The van der Waals surface area contributed by atoms with Crippen molar-refractivity contribution in [1.29, 1.82) is 0 Å². The maximum absolute atomic E-state index is 13.2. The van der Waals surface area contributed by atoms with Crippen LogP contribution >= 0.6 is 11.6 Å². The van der Waals surface area contributed by atoms with E-state index in [-0.39, 0.29) is 18.7 Å². The molecule has 0 saturated carbocycles. The SMILES string of the molecule is C=C1C2=C(CCN1C(=O)c1cccc(C(F)(F)F)c1Cl)N(c1ccn(CCO)n1)NN2. The fourth-order valence-corrected chi connectivity index (χ4v) is 3.82. The summed E-state index contributed by atoms with van der Waals surface area (Å²) < 4.78 is 41.1. The second-order valence-electron chi connectivity index (χ2n) is 6.87. The summed E-state index contributed by atoms with van der Waals surface area (Å²) >= 11 is 5.92. The first-order chi connectivity index (χ1) is 14.7. The molecule has 8 nitrogen and oxygen atoms in total. The number of anilines is 1. The Bertz CT molecular complexity index is 1080. The zero-order chi connectivity index (χ0) is 22.3. The fraction of sp³-hybridized carbons (Fsp3) is 0.263. The third-order valence-electron chi connectivity index (χ3n) is 5.00. The van der Waals surface area contributed by atoms with Gasteiger partial charge in [-0.3, -0.25) is 14.9 Å². The molecule has 3 N–H and O–H groups in total. The highest BCUT2D eigenvalue weighted by Crippen LogP contribution is 2.38. The topological polar surface area (TPSA) is 85.7 Å². The van der Waals surface area contributed by atoms with Gasteiger partial charge in [-0.05, 0) is 12.1 Å². The van der Waals surface area contributed by atoms with Crippen molar-refractivity contribution in [2.75, 3.05) is 18.2 Å². The molecule has 4 rings (SSSR count). The predicted molar refractivity (Wildman–Crippen MR) is 106 cm³/mol. The predicted octanol–water partition coefficient (Wildman–Crippen LogP) is 2.65. The van der Waals surface area contributed by atoms with Crippen molar-refractivity contribution in [3.8, 4) is 0 Å².